The average molecular weight is 222 g/mol. The van der Waals surface area contributed by atoms with Crippen LogP contribution in [0.2, 0.25) is 0 Å². The van der Waals surface area contributed by atoms with Gasteiger partial charge in [0.15, 0.2) is 0 Å². The minimum absolute atomic E-state index is 0.747. The molecule has 0 atom stereocenters. The van der Waals surface area contributed by atoms with Gasteiger partial charge in [-0.1, -0.05) is 30.3 Å². The number of hydrogen-bond donors (Lipinski definition) is 0. The van der Waals surface area contributed by atoms with E-state index in [1.165, 1.54) is 16.1 Å². The predicted molar refractivity (Wildman–Crippen MR) is 60.4 cm³/mol. The van der Waals surface area contributed by atoms with Gasteiger partial charge in [0.1, 0.15) is 4.67 Å². The monoisotopic (exact) mass is 222 g/mol. The van der Waals surface area contributed by atoms with Crippen molar-refractivity contribution in [3.63, 3.8) is 0 Å². The van der Waals surface area contributed by atoms with Gasteiger partial charge in [-0.2, -0.15) is 4.37 Å². The summed E-state index contributed by atoms with van der Waals surface area (Å²) in [7, 11) is 3.13. The maximum absolute atomic E-state index is 4.50. The fraction of sp³-hybridized carbons (Fsp3) is 0.200. The van der Waals surface area contributed by atoms with Crippen molar-refractivity contribution in [2.75, 3.05) is 0 Å². The lowest BCUT2D eigenvalue weighted by molar-refractivity contribution is 1.01. The third-order valence-corrected chi connectivity index (χ3v) is 3.77. The van der Waals surface area contributed by atoms with Gasteiger partial charge < -0.3 is 0 Å². The Kier molecular flexibility index (Phi) is 3.06. The lowest BCUT2D eigenvalue weighted by Crippen LogP contribution is -1.99. The number of aromatic nitrogens is 1. The summed E-state index contributed by atoms with van der Waals surface area (Å²) in [5.74, 6) is 0. The molecule has 0 N–H and O–H groups in total. The highest BCUT2D eigenvalue weighted by atomic mass is 32.9. The summed E-state index contributed by atoms with van der Waals surface area (Å²) in [5, 5.41) is 0. The lowest BCUT2D eigenvalue weighted by atomic mass is 10.2. The first-order chi connectivity index (χ1) is 6.86. The maximum Gasteiger partial charge on any atom is 0.144 e. The molecular weight excluding hydrogens is 212 g/mol. The molecule has 0 saturated heterocycles. The molecule has 2 aromatic rings. The Balaban J connectivity index is 2.19. The van der Waals surface area contributed by atoms with Gasteiger partial charge in [-0.25, -0.2) is 0 Å². The number of rotatable bonds is 2. The van der Waals surface area contributed by atoms with Crippen LogP contribution >= 0.6 is 20.9 Å². The molecule has 14 heavy (non-hydrogen) atoms. The Bertz CT molecular complexity index is 456. The van der Waals surface area contributed by atoms with Crippen LogP contribution in [-0.4, -0.2) is 4.37 Å². The van der Waals surface area contributed by atoms with Crippen molar-refractivity contribution in [1.82, 2.24) is 4.37 Å². The number of hydrogen-bond acceptors (Lipinski definition) is 4. The van der Waals surface area contributed by atoms with E-state index in [2.05, 4.69) is 21.5 Å². The van der Waals surface area contributed by atoms with E-state index in [1.807, 2.05) is 25.1 Å². The van der Waals surface area contributed by atoms with Crippen LogP contribution in [0.5, 0.6) is 0 Å². The first-order valence-electron chi connectivity index (χ1n) is 4.33. The second kappa shape index (κ2) is 4.48. The van der Waals surface area contributed by atoms with Crippen molar-refractivity contribution in [2.24, 2.45) is 4.99 Å². The third-order valence-electron chi connectivity index (χ3n) is 1.85. The molecule has 0 unspecified atom stereocenters. The molecule has 0 fully saturated rings. The van der Waals surface area contributed by atoms with Gasteiger partial charge in [0.2, 0.25) is 0 Å². The summed E-state index contributed by atoms with van der Waals surface area (Å²) in [6.07, 6.45) is 0. The molecule has 2 rings (SSSR count). The van der Waals surface area contributed by atoms with Crippen molar-refractivity contribution < 1.29 is 0 Å². The highest BCUT2D eigenvalue weighted by Gasteiger charge is 1.93. The van der Waals surface area contributed by atoms with E-state index in [1.54, 1.807) is 10.3 Å². The standard InChI is InChI=1S/C10H10N2S2/c1-8-10(13-14-12-8)11-7-9-5-3-2-4-6-9/h2-6H,7H2,1H3. The molecule has 4 heteroatoms. The summed E-state index contributed by atoms with van der Waals surface area (Å²) in [4.78, 5) is 4.50. The maximum atomic E-state index is 4.50. The molecule has 2 nitrogen and oxygen atoms in total. The first-order valence-corrected chi connectivity index (χ1v) is 6.44. The van der Waals surface area contributed by atoms with Gasteiger partial charge in [-0.15, -0.1) is 0 Å². The molecule has 1 heterocycles. The summed E-state index contributed by atoms with van der Waals surface area (Å²) >= 11 is 0. The van der Waals surface area contributed by atoms with Crippen LogP contribution in [0.25, 0.3) is 0 Å². The molecule has 1 aromatic heterocycles. The fourth-order valence-electron chi connectivity index (χ4n) is 1.10. The Labute approximate surface area is 90.1 Å². The van der Waals surface area contributed by atoms with Crippen LogP contribution in [0.15, 0.2) is 35.3 Å². The molecular formula is C10H10N2S2. The Morgan fingerprint density at radius 3 is 2.71 bits per heavy atom. The largest absolute Gasteiger partial charge is 0.267 e. The van der Waals surface area contributed by atoms with Crippen LogP contribution in [0.4, 0.5) is 0 Å². The fourth-order valence-corrected chi connectivity index (χ4v) is 2.92. The normalized spacial score (nSPS) is 11.9. The first kappa shape index (κ1) is 9.55. The molecule has 72 valence electrons. The Morgan fingerprint density at radius 1 is 1.29 bits per heavy atom. The van der Waals surface area contributed by atoms with Crippen molar-refractivity contribution in [2.45, 2.75) is 13.5 Å². The van der Waals surface area contributed by atoms with Crippen LogP contribution < -0.4 is 4.67 Å². The lowest BCUT2D eigenvalue weighted by Gasteiger charge is -1.92. The predicted octanol–water partition coefficient (Wildman–Crippen LogP) is 2.61. The molecule has 0 aliphatic heterocycles. The Hall–Kier alpha value is -1.00. The van der Waals surface area contributed by atoms with E-state index in [0.29, 0.717) is 0 Å². The summed E-state index contributed by atoms with van der Waals surface area (Å²) in [5.41, 5.74) is 2.28. The zero-order chi connectivity index (χ0) is 9.80. The smallest absolute Gasteiger partial charge is 0.144 e. The van der Waals surface area contributed by atoms with Crippen molar-refractivity contribution in [1.29, 1.82) is 0 Å². The van der Waals surface area contributed by atoms with E-state index in [9.17, 15) is 0 Å². The topological polar surface area (TPSA) is 25.2 Å². The van der Waals surface area contributed by atoms with Crippen molar-refractivity contribution in [3.05, 3.63) is 46.3 Å². The molecule has 0 aliphatic rings. The van der Waals surface area contributed by atoms with Crippen LogP contribution in [0, 0.1) is 6.92 Å². The highest BCUT2D eigenvalue weighted by Crippen LogP contribution is 2.02. The van der Waals surface area contributed by atoms with E-state index < -0.39 is 0 Å². The molecule has 0 spiro atoms. The van der Waals surface area contributed by atoms with Crippen LogP contribution in [0.3, 0.4) is 0 Å². The number of benzene rings is 1. The summed E-state index contributed by atoms with van der Waals surface area (Å²) in [6.45, 7) is 2.74. The third kappa shape index (κ3) is 2.27. The summed E-state index contributed by atoms with van der Waals surface area (Å²) in [6, 6.07) is 10.3. The van der Waals surface area contributed by atoms with Crippen LogP contribution in [0.1, 0.15) is 11.3 Å². The second-order valence-electron chi connectivity index (χ2n) is 2.94. The van der Waals surface area contributed by atoms with Gasteiger partial charge in [0.25, 0.3) is 0 Å². The van der Waals surface area contributed by atoms with Gasteiger partial charge in [0, 0.05) is 10.5 Å². The Morgan fingerprint density at radius 2 is 2.07 bits per heavy atom. The number of aryl methyl sites for hydroxylation is 1. The number of nitrogens with zero attached hydrogens (tertiary/aromatic N) is 2. The zero-order valence-corrected chi connectivity index (χ0v) is 9.44. The molecule has 0 saturated carbocycles. The van der Waals surface area contributed by atoms with E-state index in [-0.39, 0.29) is 0 Å². The molecule has 1 aromatic carbocycles. The minimum atomic E-state index is 0.747. The van der Waals surface area contributed by atoms with Gasteiger partial charge in [0.05, 0.1) is 12.2 Å². The van der Waals surface area contributed by atoms with E-state index in [0.717, 1.165) is 16.9 Å². The van der Waals surface area contributed by atoms with Gasteiger partial charge >= 0.3 is 0 Å². The SMILES string of the molecule is Cc1nssc1=NCc1ccccc1. The zero-order valence-electron chi connectivity index (χ0n) is 7.80. The molecule has 0 amide bonds. The van der Waals surface area contributed by atoms with Crippen molar-refractivity contribution >= 4 is 20.9 Å². The molecule has 0 radical (unpaired) electrons. The average Bonchev–Trinajstić information content (AvgIpc) is 2.63. The van der Waals surface area contributed by atoms with Crippen LogP contribution in [-0.2, 0) is 6.54 Å². The molecule has 0 bridgehead atoms. The van der Waals surface area contributed by atoms with Gasteiger partial charge in [-0.3, -0.25) is 4.99 Å². The summed E-state index contributed by atoms with van der Waals surface area (Å²) < 4.78 is 5.25. The quantitative estimate of drug-likeness (QED) is 0.717. The second-order valence-corrected chi connectivity index (χ2v) is 4.77. The van der Waals surface area contributed by atoms with E-state index >= 15 is 0 Å². The highest BCUT2D eigenvalue weighted by molar-refractivity contribution is 7.65. The van der Waals surface area contributed by atoms with Gasteiger partial charge in [-0.05, 0) is 22.8 Å². The van der Waals surface area contributed by atoms with Crippen molar-refractivity contribution in [3.8, 4) is 0 Å². The molecule has 0 aliphatic carbocycles. The minimum Gasteiger partial charge on any atom is -0.267 e. The van der Waals surface area contributed by atoms with E-state index in [4.69, 9.17) is 0 Å².